The Bertz CT molecular complexity index is 508. The zero-order valence-electron chi connectivity index (χ0n) is 11.2. The number of carboxylic acid groups (broad SMARTS) is 1. The Morgan fingerprint density at radius 2 is 2.33 bits per heavy atom. The molecule has 1 aliphatic rings. The molecule has 21 heavy (non-hydrogen) atoms. The van der Waals surface area contributed by atoms with Crippen LogP contribution in [0.3, 0.4) is 0 Å². The summed E-state index contributed by atoms with van der Waals surface area (Å²) < 4.78 is 29.6. The lowest BCUT2D eigenvalue weighted by molar-refractivity contribution is -0.165. The van der Waals surface area contributed by atoms with E-state index in [2.05, 4.69) is 4.98 Å². The highest BCUT2D eigenvalue weighted by atomic mass is 35.5. The van der Waals surface area contributed by atoms with Crippen molar-refractivity contribution in [2.45, 2.75) is 25.6 Å². The van der Waals surface area contributed by atoms with Crippen LogP contribution >= 0.6 is 11.6 Å². The molecule has 1 N–H and O–H groups in total. The molecule has 0 saturated carbocycles. The first-order chi connectivity index (χ1) is 10.1. The van der Waals surface area contributed by atoms with Crippen LogP contribution in [0.1, 0.15) is 29.6 Å². The Hall–Kier alpha value is -1.44. The van der Waals surface area contributed by atoms with E-state index in [1.54, 1.807) is 0 Å². The maximum atomic E-state index is 13.8. The van der Waals surface area contributed by atoms with Crippen LogP contribution in [-0.4, -0.2) is 42.2 Å². The van der Waals surface area contributed by atoms with Crippen LogP contribution < -0.4 is 4.74 Å². The first kappa shape index (κ1) is 15.9. The van der Waals surface area contributed by atoms with Crippen LogP contribution in [-0.2, 0) is 9.47 Å². The summed E-state index contributed by atoms with van der Waals surface area (Å²) in [6.07, 6.45) is 3.60. The number of pyridine rings is 1. The average molecular weight is 320 g/mol. The average Bonchev–Trinajstić information content (AvgIpc) is 2.48. The molecule has 2 rings (SSSR count). The first-order valence-corrected chi connectivity index (χ1v) is 6.90. The van der Waals surface area contributed by atoms with Gasteiger partial charge in [-0.15, -0.1) is 0 Å². The number of hydrogen-bond donors (Lipinski definition) is 1. The van der Waals surface area contributed by atoms with E-state index in [-0.39, 0.29) is 25.4 Å². The lowest BCUT2D eigenvalue weighted by Crippen LogP contribution is -2.24. The minimum Gasteiger partial charge on any atom is -0.478 e. The standard InChI is InChI=1S/C13H15ClFNO5/c14-10-8(13(17)18)7-16-12(11(10)15)21-6-5-20-9-3-1-2-4-19-9/h7,9H,1-6H2,(H,17,18). The van der Waals surface area contributed by atoms with Crippen molar-refractivity contribution in [2.24, 2.45) is 0 Å². The predicted molar refractivity (Wildman–Crippen MR) is 71.2 cm³/mol. The molecule has 0 aliphatic carbocycles. The molecule has 1 atom stereocenters. The van der Waals surface area contributed by atoms with Gasteiger partial charge in [-0.1, -0.05) is 11.6 Å². The van der Waals surface area contributed by atoms with Crippen molar-refractivity contribution in [3.8, 4) is 5.88 Å². The van der Waals surface area contributed by atoms with E-state index in [1.807, 2.05) is 0 Å². The molecule has 0 spiro atoms. The molecule has 1 unspecified atom stereocenters. The molecular formula is C13H15ClFNO5. The fourth-order valence-corrected chi connectivity index (χ4v) is 2.07. The molecule has 116 valence electrons. The van der Waals surface area contributed by atoms with Gasteiger partial charge in [-0.3, -0.25) is 0 Å². The van der Waals surface area contributed by atoms with Crippen molar-refractivity contribution in [1.29, 1.82) is 0 Å². The van der Waals surface area contributed by atoms with Gasteiger partial charge < -0.3 is 19.3 Å². The molecule has 1 fully saturated rings. The summed E-state index contributed by atoms with van der Waals surface area (Å²) in [7, 11) is 0. The molecular weight excluding hydrogens is 305 g/mol. The van der Waals surface area contributed by atoms with Crippen LogP contribution in [0.15, 0.2) is 6.20 Å². The van der Waals surface area contributed by atoms with Crippen LogP contribution in [0.2, 0.25) is 5.02 Å². The monoisotopic (exact) mass is 319 g/mol. The van der Waals surface area contributed by atoms with Gasteiger partial charge in [-0.2, -0.15) is 4.39 Å². The van der Waals surface area contributed by atoms with Crippen LogP contribution in [0, 0.1) is 5.82 Å². The number of carbonyl (C=O) groups is 1. The lowest BCUT2D eigenvalue weighted by Gasteiger charge is -2.22. The number of carboxylic acids is 1. The smallest absolute Gasteiger partial charge is 0.338 e. The van der Waals surface area contributed by atoms with Crippen LogP contribution in [0.5, 0.6) is 5.88 Å². The van der Waals surface area contributed by atoms with E-state index in [0.717, 1.165) is 25.5 Å². The number of aromatic carboxylic acids is 1. The van der Waals surface area contributed by atoms with E-state index in [9.17, 15) is 9.18 Å². The van der Waals surface area contributed by atoms with E-state index in [0.29, 0.717) is 6.61 Å². The minimum absolute atomic E-state index is 0.0620. The highest BCUT2D eigenvalue weighted by Gasteiger charge is 2.19. The summed E-state index contributed by atoms with van der Waals surface area (Å²) in [6, 6.07) is 0. The Morgan fingerprint density at radius 1 is 1.52 bits per heavy atom. The van der Waals surface area contributed by atoms with Gasteiger partial charge in [0.05, 0.1) is 17.2 Å². The van der Waals surface area contributed by atoms with Crippen molar-refractivity contribution in [3.63, 3.8) is 0 Å². The first-order valence-electron chi connectivity index (χ1n) is 6.53. The quantitative estimate of drug-likeness (QED) is 0.812. The van der Waals surface area contributed by atoms with Gasteiger partial charge in [-0.05, 0) is 19.3 Å². The van der Waals surface area contributed by atoms with Crippen LogP contribution in [0.4, 0.5) is 4.39 Å². The fraction of sp³-hybridized carbons (Fsp3) is 0.538. The summed E-state index contributed by atoms with van der Waals surface area (Å²) in [5.41, 5.74) is -0.409. The molecule has 8 heteroatoms. The third-order valence-corrected chi connectivity index (χ3v) is 3.29. The van der Waals surface area contributed by atoms with E-state index in [1.165, 1.54) is 0 Å². The Balaban J connectivity index is 1.83. The molecule has 2 heterocycles. The summed E-state index contributed by atoms with van der Waals surface area (Å²) >= 11 is 5.60. The lowest BCUT2D eigenvalue weighted by atomic mass is 10.2. The Labute approximate surface area is 125 Å². The summed E-state index contributed by atoms with van der Waals surface area (Å²) in [4.78, 5) is 14.4. The summed E-state index contributed by atoms with van der Waals surface area (Å²) in [5, 5.41) is 8.25. The van der Waals surface area contributed by atoms with E-state index < -0.39 is 22.4 Å². The predicted octanol–water partition coefficient (Wildman–Crippen LogP) is 2.49. The normalized spacial score (nSPS) is 18.5. The second-order valence-corrected chi connectivity index (χ2v) is 4.80. The second kappa shape index (κ2) is 7.53. The molecule has 1 saturated heterocycles. The maximum absolute atomic E-state index is 13.8. The number of rotatable bonds is 6. The van der Waals surface area contributed by atoms with Gasteiger partial charge in [0.25, 0.3) is 5.88 Å². The number of hydrogen-bond acceptors (Lipinski definition) is 5. The maximum Gasteiger partial charge on any atom is 0.338 e. The van der Waals surface area contributed by atoms with Crippen molar-refractivity contribution < 1.29 is 28.5 Å². The van der Waals surface area contributed by atoms with Crippen molar-refractivity contribution in [3.05, 3.63) is 22.6 Å². The third kappa shape index (κ3) is 4.26. The molecule has 0 amide bonds. The van der Waals surface area contributed by atoms with Gasteiger partial charge in [0.1, 0.15) is 6.61 Å². The SMILES string of the molecule is O=C(O)c1cnc(OCCOC2CCCCO2)c(F)c1Cl. The molecule has 0 bridgehead atoms. The summed E-state index contributed by atoms with van der Waals surface area (Å²) in [5.74, 6) is -2.70. The highest BCUT2D eigenvalue weighted by molar-refractivity contribution is 6.33. The van der Waals surface area contributed by atoms with Gasteiger partial charge in [0.2, 0.25) is 5.82 Å². The Morgan fingerprint density at radius 3 is 3.00 bits per heavy atom. The number of aromatic nitrogens is 1. The minimum atomic E-state index is -1.35. The van der Waals surface area contributed by atoms with Gasteiger partial charge in [0.15, 0.2) is 6.29 Å². The van der Waals surface area contributed by atoms with Crippen molar-refractivity contribution in [2.75, 3.05) is 19.8 Å². The summed E-state index contributed by atoms with van der Waals surface area (Å²) in [6.45, 7) is 0.949. The molecule has 1 aromatic rings. The van der Waals surface area contributed by atoms with Gasteiger partial charge >= 0.3 is 5.97 Å². The zero-order valence-corrected chi connectivity index (χ0v) is 11.9. The van der Waals surface area contributed by atoms with Crippen molar-refractivity contribution in [1.82, 2.24) is 4.98 Å². The molecule has 0 radical (unpaired) electrons. The van der Waals surface area contributed by atoms with Crippen LogP contribution in [0.25, 0.3) is 0 Å². The highest BCUT2D eigenvalue weighted by Crippen LogP contribution is 2.25. The molecule has 1 aliphatic heterocycles. The Kier molecular flexibility index (Phi) is 5.72. The van der Waals surface area contributed by atoms with Gasteiger partial charge in [-0.25, -0.2) is 9.78 Å². The van der Waals surface area contributed by atoms with E-state index >= 15 is 0 Å². The number of halogens is 2. The van der Waals surface area contributed by atoms with E-state index in [4.69, 9.17) is 30.9 Å². The number of nitrogens with zero attached hydrogens (tertiary/aromatic N) is 1. The largest absolute Gasteiger partial charge is 0.478 e. The topological polar surface area (TPSA) is 77.9 Å². The van der Waals surface area contributed by atoms with Gasteiger partial charge in [0, 0.05) is 12.8 Å². The number of ether oxygens (including phenoxy) is 3. The third-order valence-electron chi connectivity index (χ3n) is 2.92. The second-order valence-electron chi connectivity index (χ2n) is 4.43. The molecule has 0 aromatic carbocycles. The van der Waals surface area contributed by atoms with Crippen molar-refractivity contribution >= 4 is 17.6 Å². The zero-order chi connectivity index (χ0) is 15.2. The molecule has 6 nitrogen and oxygen atoms in total. The fourth-order valence-electron chi connectivity index (χ4n) is 1.86. The molecule has 1 aromatic heterocycles.